The average molecular weight is 247 g/mol. The van der Waals surface area contributed by atoms with Crippen molar-refractivity contribution in [2.24, 2.45) is 0 Å². The summed E-state index contributed by atoms with van der Waals surface area (Å²) < 4.78 is 11.2. The van der Waals surface area contributed by atoms with E-state index in [4.69, 9.17) is 9.47 Å². The van der Waals surface area contributed by atoms with Gasteiger partial charge in [-0.25, -0.2) is 0 Å². The highest BCUT2D eigenvalue weighted by atomic mass is 16.5. The van der Waals surface area contributed by atoms with Crippen molar-refractivity contribution in [2.75, 3.05) is 13.7 Å². The molecule has 0 radical (unpaired) electrons. The lowest BCUT2D eigenvalue weighted by atomic mass is 10.1. The van der Waals surface area contributed by atoms with Gasteiger partial charge in [0.05, 0.1) is 13.7 Å². The molecule has 1 aliphatic carbocycles. The molecule has 2 aliphatic rings. The first-order valence-electron chi connectivity index (χ1n) is 6.84. The third-order valence-corrected chi connectivity index (χ3v) is 4.08. The van der Waals surface area contributed by atoms with Crippen LogP contribution in [0.4, 0.5) is 0 Å². The molecule has 3 heteroatoms. The first-order chi connectivity index (χ1) is 8.80. The van der Waals surface area contributed by atoms with E-state index in [0.717, 1.165) is 18.8 Å². The van der Waals surface area contributed by atoms with E-state index in [2.05, 4.69) is 17.4 Å². The highest BCUT2D eigenvalue weighted by Crippen LogP contribution is 2.34. The van der Waals surface area contributed by atoms with Crippen molar-refractivity contribution in [3.8, 4) is 5.75 Å². The zero-order valence-corrected chi connectivity index (χ0v) is 10.9. The smallest absolute Gasteiger partial charge is 0.119 e. The molecule has 0 bridgehead atoms. The minimum atomic E-state index is 0.0110. The second-order valence-corrected chi connectivity index (χ2v) is 5.41. The quantitative estimate of drug-likeness (QED) is 0.890. The SMILES string of the molecule is COc1ccc(C[C@H]2COC3(CCCC3)N2)cc1. The van der Waals surface area contributed by atoms with Crippen LogP contribution >= 0.6 is 0 Å². The third kappa shape index (κ3) is 2.38. The fraction of sp³-hybridized carbons (Fsp3) is 0.600. The molecule has 1 atom stereocenters. The molecule has 1 aliphatic heterocycles. The number of nitrogens with one attached hydrogen (secondary N) is 1. The number of benzene rings is 1. The molecule has 0 aromatic heterocycles. The standard InChI is InChI=1S/C15H21NO2/c1-17-14-6-4-12(5-7-14)10-13-11-18-15(16-13)8-2-3-9-15/h4-7,13,16H,2-3,8-11H2,1H3/t13-/m0/s1. The van der Waals surface area contributed by atoms with Crippen molar-refractivity contribution in [2.45, 2.75) is 43.9 Å². The Morgan fingerprint density at radius 2 is 2.00 bits per heavy atom. The van der Waals surface area contributed by atoms with Gasteiger partial charge in [0.25, 0.3) is 0 Å². The molecule has 1 aromatic carbocycles. The fourth-order valence-corrected chi connectivity index (χ4v) is 3.11. The third-order valence-electron chi connectivity index (χ3n) is 4.08. The van der Waals surface area contributed by atoms with Crippen LogP contribution in [0.5, 0.6) is 5.75 Å². The predicted octanol–water partition coefficient (Wildman–Crippen LogP) is 2.50. The topological polar surface area (TPSA) is 30.5 Å². The predicted molar refractivity (Wildman–Crippen MR) is 70.8 cm³/mol. The summed E-state index contributed by atoms with van der Waals surface area (Å²) in [6.45, 7) is 0.839. The van der Waals surface area contributed by atoms with E-state index in [-0.39, 0.29) is 5.72 Å². The molecular weight excluding hydrogens is 226 g/mol. The van der Waals surface area contributed by atoms with Gasteiger partial charge in [0, 0.05) is 6.04 Å². The summed E-state index contributed by atoms with van der Waals surface area (Å²) in [5, 5.41) is 3.69. The number of ether oxygens (including phenoxy) is 2. The molecule has 1 saturated heterocycles. The van der Waals surface area contributed by atoms with E-state index in [0.29, 0.717) is 6.04 Å². The summed E-state index contributed by atoms with van der Waals surface area (Å²) in [5.41, 5.74) is 1.35. The van der Waals surface area contributed by atoms with Gasteiger partial charge in [0.2, 0.25) is 0 Å². The van der Waals surface area contributed by atoms with Gasteiger partial charge in [-0.15, -0.1) is 0 Å². The Morgan fingerprint density at radius 1 is 1.28 bits per heavy atom. The van der Waals surface area contributed by atoms with Crippen LogP contribution in [0.15, 0.2) is 24.3 Å². The lowest BCUT2D eigenvalue weighted by Crippen LogP contribution is -2.42. The average Bonchev–Trinajstić information content (AvgIpc) is 3.02. The van der Waals surface area contributed by atoms with Crippen LogP contribution in [0, 0.1) is 0 Å². The largest absolute Gasteiger partial charge is 0.497 e. The Balaban J connectivity index is 1.60. The summed E-state index contributed by atoms with van der Waals surface area (Å²) in [6, 6.07) is 8.78. The molecule has 98 valence electrons. The van der Waals surface area contributed by atoms with Crippen molar-refractivity contribution in [1.29, 1.82) is 0 Å². The zero-order valence-electron chi connectivity index (χ0n) is 10.9. The highest BCUT2D eigenvalue weighted by Gasteiger charge is 2.41. The van der Waals surface area contributed by atoms with Gasteiger partial charge in [-0.2, -0.15) is 0 Å². The Hall–Kier alpha value is -1.06. The lowest BCUT2D eigenvalue weighted by Gasteiger charge is -2.23. The number of methoxy groups -OCH3 is 1. The normalized spacial score (nSPS) is 25.7. The van der Waals surface area contributed by atoms with Crippen LogP contribution in [-0.4, -0.2) is 25.5 Å². The van der Waals surface area contributed by atoms with E-state index in [9.17, 15) is 0 Å². The summed E-state index contributed by atoms with van der Waals surface area (Å²) in [4.78, 5) is 0. The van der Waals surface area contributed by atoms with Crippen LogP contribution < -0.4 is 10.1 Å². The van der Waals surface area contributed by atoms with Gasteiger partial charge in [-0.3, -0.25) is 5.32 Å². The Bertz CT molecular complexity index is 395. The minimum absolute atomic E-state index is 0.0110. The van der Waals surface area contributed by atoms with Crippen LogP contribution in [0.2, 0.25) is 0 Å². The summed E-state index contributed by atoms with van der Waals surface area (Å²) in [5.74, 6) is 0.918. The Morgan fingerprint density at radius 3 is 2.67 bits per heavy atom. The van der Waals surface area contributed by atoms with Crippen LogP contribution in [0.3, 0.4) is 0 Å². The molecule has 18 heavy (non-hydrogen) atoms. The molecule has 1 saturated carbocycles. The molecule has 0 amide bonds. The number of hydrogen-bond acceptors (Lipinski definition) is 3. The first kappa shape index (κ1) is 12.0. The summed E-state index contributed by atoms with van der Waals surface area (Å²) in [6.07, 6.45) is 5.97. The second-order valence-electron chi connectivity index (χ2n) is 5.41. The van der Waals surface area contributed by atoms with Gasteiger partial charge >= 0.3 is 0 Å². The van der Waals surface area contributed by atoms with Gasteiger partial charge in [0.15, 0.2) is 0 Å². The molecule has 2 fully saturated rings. The van der Waals surface area contributed by atoms with E-state index < -0.39 is 0 Å². The van der Waals surface area contributed by atoms with Crippen LogP contribution in [0.1, 0.15) is 31.2 Å². The fourth-order valence-electron chi connectivity index (χ4n) is 3.11. The Kier molecular flexibility index (Phi) is 3.27. The molecule has 1 aromatic rings. The van der Waals surface area contributed by atoms with Gasteiger partial charge < -0.3 is 9.47 Å². The maximum Gasteiger partial charge on any atom is 0.119 e. The molecular formula is C15H21NO2. The van der Waals surface area contributed by atoms with Crippen molar-refractivity contribution in [3.63, 3.8) is 0 Å². The molecule has 0 unspecified atom stereocenters. The van der Waals surface area contributed by atoms with Crippen molar-refractivity contribution < 1.29 is 9.47 Å². The molecule has 1 heterocycles. The second kappa shape index (κ2) is 4.90. The van der Waals surface area contributed by atoms with Crippen molar-refractivity contribution >= 4 is 0 Å². The van der Waals surface area contributed by atoms with Crippen LogP contribution in [0.25, 0.3) is 0 Å². The molecule has 1 N–H and O–H groups in total. The zero-order chi connectivity index (χ0) is 12.4. The first-order valence-corrected chi connectivity index (χ1v) is 6.84. The van der Waals surface area contributed by atoms with Crippen molar-refractivity contribution in [3.05, 3.63) is 29.8 Å². The van der Waals surface area contributed by atoms with Gasteiger partial charge in [-0.05, 0) is 49.8 Å². The monoisotopic (exact) mass is 247 g/mol. The Labute approximate surface area is 108 Å². The van der Waals surface area contributed by atoms with E-state index >= 15 is 0 Å². The van der Waals surface area contributed by atoms with E-state index in [1.807, 2.05) is 12.1 Å². The van der Waals surface area contributed by atoms with E-state index in [1.165, 1.54) is 31.2 Å². The van der Waals surface area contributed by atoms with Crippen molar-refractivity contribution in [1.82, 2.24) is 5.32 Å². The highest BCUT2D eigenvalue weighted by molar-refractivity contribution is 5.27. The molecule has 1 spiro atoms. The molecule has 3 nitrogen and oxygen atoms in total. The van der Waals surface area contributed by atoms with Gasteiger partial charge in [0.1, 0.15) is 11.5 Å². The van der Waals surface area contributed by atoms with Gasteiger partial charge in [-0.1, -0.05) is 12.1 Å². The van der Waals surface area contributed by atoms with Crippen LogP contribution in [-0.2, 0) is 11.2 Å². The maximum atomic E-state index is 6.00. The minimum Gasteiger partial charge on any atom is -0.497 e. The molecule has 3 rings (SSSR count). The number of hydrogen-bond donors (Lipinski definition) is 1. The lowest BCUT2D eigenvalue weighted by molar-refractivity contribution is -0.00358. The summed E-state index contributed by atoms with van der Waals surface area (Å²) >= 11 is 0. The van der Waals surface area contributed by atoms with E-state index in [1.54, 1.807) is 7.11 Å². The maximum absolute atomic E-state index is 6.00. The number of rotatable bonds is 3. The summed E-state index contributed by atoms with van der Waals surface area (Å²) in [7, 11) is 1.70.